The van der Waals surface area contributed by atoms with Gasteiger partial charge in [0.05, 0.1) is 0 Å². The van der Waals surface area contributed by atoms with Crippen LogP contribution < -0.4 is 5.32 Å². The maximum Gasteiger partial charge on any atom is 0.0464 e. The minimum Gasteiger partial charge on any atom is -0.396 e. The Bertz CT molecular complexity index is 183. The minimum absolute atomic E-state index is 0.323. The molecule has 0 spiro atoms. The number of aliphatic hydroxyl groups is 1. The van der Waals surface area contributed by atoms with Crippen molar-refractivity contribution in [2.45, 2.75) is 52.0 Å². The van der Waals surface area contributed by atoms with Crippen molar-refractivity contribution >= 4 is 11.8 Å². The van der Waals surface area contributed by atoms with E-state index in [2.05, 4.69) is 19.2 Å². The highest BCUT2D eigenvalue weighted by Crippen LogP contribution is 2.29. The molecule has 1 saturated carbocycles. The highest BCUT2D eigenvalue weighted by atomic mass is 32.2. The van der Waals surface area contributed by atoms with Crippen molar-refractivity contribution in [3.8, 4) is 0 Å². The highest BCUT2D eigenvalue weighted by Gasteiger charge is 2.24. The third-order valence-corrected chi connectivity index (χ3v) is 5.04. The molecule has 0 radical (unpaired) electrons. The molecule has 0 aromatic heterocycles. The summed E-state index contributed by atoms with van der Waals surface area (Å²) < 4.78 is 0. The van der Waals surface area contributed by atoms with E-state index in [4.69, 9.17) is 5.11 Å². The molecule has 0 amide bonds. The fraction of sp³-hybridized carbons (Fsp3) is 1.00. The lowest BCUT2D eigenvalue weighted by molar-refractivity contribution is 0.250. The van der Waals surface area contributed by atoms with Crippen molar-refractivity contribution in [2.24, 2.45) is 11.8 Å². The van der Waals surface area contributed by atoms with Crippen molar-refractivity contribution < 1.29 is 5.11 Å². The highest BCUT2D eigenvalue weighted by molar-refractivity contribution is 7.99. The Morgan fingerprint density at radius 1 is 1.29 bits per heavy atom. The smallest absolute Gasteiger partial charge is 0.0464 e. The monoisotopic (exact) mass is 259 g/mol. The van der Waals surface area contributed by atoms with Crippen LogP contribution in [0.4, 0.5) is 0 Å². The molecule has 17 heavy (non-hydrogen) atoms. The Balaban J connectivity index is 2.24. The van der Waals surface area contributed by atoms with E-state index in [1.54, 1.807) is 0 Å². The van der Waals surface area contributed by atoms with Crippen molar-refractivity contribution in [3.05, 3.63) is 0 Å². The van der Waals surface area contributed by atoms with Crippen LogP contribution in [0.2, 0.25) is 0 Å². The van der Waals surface area contributed by atoms with Gasteiger partial charge in [-0.1, -0.05) is 26.7 Å². The molecule has 0 bridgehead atoms. The van der Waals surface area contributed by atoms with Crippen molar-refractivity contribution in [2.75, 3.05) is 24.7 Å². The van der Waals surface area contributed by atoms with E-state index in [0.29, 0.717) is 18.6 Å². The van der Waals surface area contributed by atoms with Crippen LogP contribution in [-0.2, 0) is 0 Å². The topological polar surface area (TPSA) is 32.3 Å². The van der Waals surface area contributed by atoms with E-state index in [9.17, 15) is 0 Å². The van der Waals surface area contributed by atoms with Crippen molar-refractivity contribution in [3.63, 3.8) is 0 Å². The molecule has 0 saturated heterocycles. The van der Waals surface area contributed by atoms with Gasteiger partial charge in [-0.25, -0.2) is 0 Å². The van der Waals surface area contributed by atoms with Crippen LogP contribution in [-0.4, -0.2) is 35.8 Å². The van der Waals surface area contributed by atoms with Gasteiger partial charge >= 0.3 is 0 Å². The van der Waals surface area contributed by atoms with E-state index in [0.717, 1.165) is 18.2 Å². The lowest BCUT2D eigenvalue weighted by atomic mass is 10.00. The molecule has 1 fully saturated rings. The van der Waals surface area contributed by atoms with Gasteiger partial charge < -0.3 is 10.4 Å². The molecule has 1 aliphatic rings. The van der Waals surface area contributed by atoms with Crippen LogP contribution >= 0.6 is 11.8 Å². The normalized spacial score (nSPS) is 20.6. The Morgan fingerprint density at radius 2 is 2.00 bits per heavy atom. The third kappa shape index (κ3) is 6.12. The van der Waals surface area contributed by atoms with Crippen LogP contribution in [0.5, 0.6) is 0 Å². The lowest BCUT2D eigenvalue weighted by Crippen LogP contribution is -2.38. The van der Waals surface area contributed by atoms with E-state index in [-0.39, 0.29) is 0 Å². The van der Waals surface area contributed by atoms with E-state index in [1.807, 2.05) is 11.8 Å². The van der Waals surface area contributed by atoms with E-state index >= 15 is 0 Å². The molecular formula is C14H29NOS. The molecule has 2 unspecified atom stereocenters. The summed E-state index contributed by atoms with van der Waals surface area (Å²) in [4.78, 5) is 0. The second-order valence-electron chi connectivity index (χ2n) is 5.43. The molecule has 3 heteroatoms. The summed E-state index contributed by atoms with van der Waals surface area (Å²) in [6.07, 6.45) is 6.90. The molecule has 0 aromatic carbocycles. The number of hydrogen-bond donors (Lipinski definition) is 2. The lowest BCUT2D eigenvalue weighted by Gasteiger charge is -2.25. The van der Waals surface area contributed by atoms with Gasteiger partial charge in [-0.2, -0.15) is 11.8 Å². The third-order valence-electron chi connectivity index (χ3n) is 3.64. The SMILES string of the molecule is CCCNC(CSCC(C)CO)C1CCCC1. The molecule has 2 nitrogen and oxygen atoms in total. The predicted octanol–water partition coefficient (Wildman–Crippen LogP) is 2.91. The van der Waals surface area contributed by atoms with E-state index < -0.39 is 0 Å². The van der Waals surface area contributed by atoms with Gasteiger partial charge in [0.2, 0.25) is 0 Å². The van der Waals surface area contributed by atoms with Crippen LogP contribution in [0.15, 0.2) is 0 Å². The quantitative estimate of drug-likeness (QED) is 0.668. The molecular weight excluding hydrogens is 230 g/mol. The Labute approximate surface area is 111 Å². The van der Waals surface area contributed by atoms with Gasteiger partial charge in [-0.3, -0.25) is 0 Å². The average Bonchev–Trinajstić information content (AvgIpc) is 2.86. The van der Waals surface area contributed by atoms with Crippen LogP contribution in [0.1, 0.15) is 46.0 Å². The van der Waals surface area contributed by atoms with Gasteiger partial charge in [-0.15, -0.1) is 0 Å². The standard InChI is InChI=1S/C14H29NOS/c1-3-8-15-14(13-6-4-5-7-13)11-17-10-12(2)9-16/h12-16H,3-11H2,1-2H3. The molecule has 0 aliphatic heterocycles. The summed E-state index contributed by atoms with van der Waals surface area (Å²) in [5, 5.41) is 12.7. The largest absolute Gasteiger partial charge is 0.396 e. The maximum atomic E-state index is 9.02. The fourth-order valence-electron chi connectivity index (χ4n) is 2.50. The maximum absolute atomic E-state index is 9.02. The summed E-state index contributed by atoms with van der Waals surface area (Å²) in [6.45, 7) is 5.83. The first-order chi connectivity index (χ1) is 8.27. The van der Waals surface area contributed by atoms with Gasteiger partial charge in [0.1, 0.15) is 0 Å². The number of aliphatic hydroxyl groups excluding tert-OH is 1. The number of hydrogen-bond acceptors (Lipinski definition) is 3. The zero-order chi connectivity index (χ0) is 12.5. The molecule has 0 aromatic rings. The molecule has 1 aliphatic carbocycles. The number of thioether (sulfide) groups is 1. The van der Waals surface area contributed by atoms with E-state index in [1.165, 1.54) is 37.9 Å². The van der Waals surface area contributed by atoms with Crippen LogP contribution in [0.3, 0.4) is 0 Å². The second kappa shape index (κ2) is 9.23. The van der Waals surface area contributed by atoms with Gasteiger partial charge in [0.25, 0.3) is 0 Å². The summed E-state index contributed by atoms with van der Waals surface area (Å²) in [5.41, 5.74) is 0. The van der Waals surface area contributed by atoms with Crippen LogP contribution in [0, 0.1) is 11.8 Å². The van der Waals surface area contributed by atoms with Crippen molar-refractivity contribution in [1.29, 1.82) is 0 Å². The summed E-state index contributed by atoms with van der Waals surface area (Å²) in [7, 11) is 0. The first kappa shape index (κ1) is 15.3. The zero-order valence-corrected chi connectivity index (χ0v) is 12.3. The fourth-order valence-corrected chi connectivity index (χ4v) is 3.79. The summed E-state index contributed by atoms with van der Waals surface area (Å²) >= 11 is 2.01. The van der Waals surface area contributed by atoms with Crippen LogP contribution in [0.25, 0.3) is 0 Å². The number of nitrogens with one attached hydrogen (secondary N) is 1. The molecule has 1 rings (SSSR count). The zero-order valence-electron chi connectivity index (χ0n) is 11.5. The molecule has 102 valence electrons. The first-order valence-electron chi connectivity index (χ1n) is 7.19. The molecule has 2 atom stereocenters. The summed E-state index contributed by atoms with van der Waals surface area (Å²) in [6, 6.07) is 0.702. The first-order valence-corrected chi connectivity index (χ1v) is 8.35. The van der Waals surface area contributed by atoms with Gasteiger partial charge in [0, 0.05) is 18.4 Å². The second-order valence-corrected chi connectivity index (χ2v) is 6.51. The molecule has 0 heterocycles. The summed E-state index contributed by atoms with van der Waals surface area (Å²) in [5.74, 6) is 3.65. The Morgan fingerprint density at radius 3 is 2.59 bits per heavy atom. The van der Waals surface area contributed by atoms with Crippen molar-refractivity contribution in [1.82, 2.24) is 5.32 Å². The molecule has 2 N–H and O–H groups in total. The van der Waals surface area contributed by atoms with Gasteiger partial charge in [0.15, 0.2) is 0 Å². The number of rotatable bonds is 9. The average molecular weight is 259 g/mol. The Hall–Kier alpha value is 0.270. The minimum atomic E-state index is 0.323. The Kier molecular flexibility index (Phi) is 8.33. The predicted molar refractivity (Wildman–Crippen MR) is 77.6 cm³/mol. The van der Waals surface area contributed by atoms with Gasteiger partial charge in [-0.05, 0) is 43.4 Å².